The molecule has 1 saturated heterocycles. The van der Waals surface area contributed by atoms with Gasteiger partial charge in [-0.3, -0.25) is 9.78 Å². The number of nitrogens with zero attached hydrogens (tertiary/aromatic N) is 2. The molecule has 1 aliphatic heterocycles. The number of ether oxygens (including phenoxy) is 1. The molecule has 1 aromatic carbocycles. The van der Waals surface area contributed by atoms with E-state index in [0.717, 1.165) is 36.5 Å². The largest absolute Gasteiger partial charge is 0.489 e. The zero-order valence-electron chi connectivity index (χ0n) is 14.4. The van der Waals surface area contributed by atoms with Crippen molar-refractivity contribution in [3.63, 3.8) is 0 Å². The van der Waals surface area contributed by atoms with Crippen molar-refractivity contribution in [1.29, 1.82) is 0 Å². The van der Waals surface area contributed by atoms with E-state index in [1.165, 1.54) is 0 Å². The minimum atomic E-state index is 0.0610. The summed E-state index contributed by atoms with van der Waals surface area (Å²) in [6, 6.07) is 11.8. The van der Waals surface area contributed by atoms with Crippen molar-refractivity contribution in [2.45, 2.75) is 19.6 Å². The molecule has 1 aliphatic rings. The van der Waals surface area contributed by atoms with Gasteiger partial charge in [0.05, 0.1) is 0 Å². The van der Waals surface area contributed by atoms with Gasteiger partial charge in [0.25, 0.3) is 0 Å². The summed E-state index contributed by atoms with van der Waals surface area (Å²) in [7, 11) is 0. The van der Waals surface area contributed by atoms with E-state index in [1.54, 1.807) is 18.5 Å². The van der Waals surface area contributed by atoms with Crippen LogP contribution in [0.15, 0.2) is 54.9 Å². The number of pyridine rings is 1. The van der Waals surface area contributed by atoms with E-state index >= 15 is 0 Å². The second-order valence-corrected chi connectivity index (χ2v) is 6.14. The fourth-order valence-corrected chi connectivity index (χ4v) is 2.76. The topological polar surface area (TPSA) is 54.5 Å². The van der Waals surface area contributed by atoms with Gasteiger partial charge in [0.1, 0.15) is 12.4 Å². The minimum Gasteiger partial charge on any atom is -0.489 e. The Morgan fingerprint density at radius 1 is 1.36 bits per heavy atom. The molecule has 0 saturated carbocycles. The summed E-state index contributed by atoms with van der Waals surface area (Å²) in [6.07, 6.45) is 7.03. The summed E-state index contributed by atoms with van der Waals surface area (Å²) in [5.74, 6) is 0.856. The number of piperazine rings is 1. The second-order valence-electron chi connectivity index (χ2n) is 6.14. The number of amides is 1. The Morgan fingerprint density at radius 2 is 2.20 bits per heavy atom. The average Bonchev–Trinajstić information content (AvgIpc) is 2.66. The second kappa shape index (κ2) is 8.44. The van der Waals surface area contributed by atoms with Crippen LogP contribution in [-0.2, 0) is 11.4 Å². The van der Waals surface area contributed by atoms with E-state index in [-0.39, 0.29) is 11.9 Å². The molecule has 0 spiro atoms. The van der Waals surface area contributed by atoms with Crippen LogP contribution in [-0.4, -0.2) is 41.5 Å². The van der Waals surface area contributed by atoms with Gasteiger partial charge in [0.2, 0.25) is 5.91 Å². The summed E-state index contributed by atoms with van der Waals surface area (Å²) in [5.41, 5.74) is 2.01. The Labute approximate surface area is 148 Å². The van der Waals surface area contributed by atoms with Crippen LogP contribution in [0.3, 0.4) is 0 Å². The summed E-state index contributed by atoms with van der Waals surface area (Å²) in [5, 5.41) is 3.29. The van der Waals surface area contributed by atoms with E-state index in [0.29, 0.717) is 6.61 Å². The zero-order chi connectivity index (χ0) is 17.5. The third-order valence-corrected chi connectivity index (χ3v) is 4.21. The average molecular weight is 337 g/mol. The monoisotopic (exact) mass is 337 g/mol. The van der Waals surface area contributed by atoms with E-state index in [4.69, 9.17) is 4.74 Å². The lowest BCUT2D eigenvalue weighted by Gasteiger charge is -2.33. The summed E-state index contributed by atoms with van der Waals surface area (Å²) < 4.78 is 5.74. The molecular weight excluding hydrogens is 314 g/mol. The standard InChI is InChI=1S/C20H23N3O2/c1-16-13-22-11-12-23(16)20(24)9-6-17-4-7-19(8-5-17)25-15-18-3-2-10-21-14-18/h2-10,14,16,22H,11-13,15H2,1H3. The fraction of sp³-hybridized carbons (Fsp3) is 0.300. The van der Waals surface area contributed by atoms with Gasteiger partial charge in [0.15, 0.2) is 0 Å². The Hall–Kier alpha value is -2.66. The maximum absolute atomic E-state index is 12.3. The van der Waals surface area contributed by atoms with E-state index in [9.17, 15) is 4.79 Å². The first-order chi connectivity index (χ1) is 12.2. The Balaban J connectivity index is 1.54. The van der Waals surface area contributed by atoms with Crippen molar-refractivity contribution in [3.05, 3.63) is 66.0 Å². The molecule has 3 rings (SSSR count). The zero-order valence-corrected chi connectivity index (χ0v) is 14.4. The van der Waals surface area contributed by atoms with Crippen LogP contribution >= 0.6 is 0 Å². The molecule has 1 fully saturated rings. The minimum absolute atomic E-state index is 0.0610. The predicted molar refractivity (Wildman–Crippen MR) is 98.1 cm³/mol. The number of hydrogen-bond acceptors (Lipinski definition) is 4. The van der Waals surface area contributed by atoms with Gasteiger partial charge in [-0.15, -0.1) is 0 Å². The lowest BCUT2D eigenvalue weighted by Crippen LogP contribution is -2.51. The van der Waals surface area contributed by atoms with Crippen LogP contribution < -0.4 is 10.1 Å². The smallest absolute Gasteiger partial charge is 0.246 e. The molecule has 2 heterocycles. The normalized spacial score (nSPS) is 17.6. The molecular formula is C20H23N3O2. The SMILES string of the molecule is CC1CNCCN1C(=O)C=Cc1ccc(OCc2cccnc2)cc1. The van der Waals surface area contributed by atoms with E-state index < -0.39 is 0 Å². The molecule has 0 radical (unpaired) electrons. The maximum atomic E-state index is 12.3. The van der Waals surface area contributed by atoms with Gasteiger partial charge in [0, 0.05) is 49.7 Å². The summed E-state index contributed by atoms with van der Waals surface area (Å²) in [4.78, 5) is 18.3. The van der Waals surface area contributed by atoms with Gasteiger partial charge in [-0.25, -0.2) is 0 Å². The van der Waals surface area contributed by atoms with Crippen molar-refractivity contribution >= 4 is 12.0 Å². The van der Waals surface area contributed by atoms with Crippen LogP contribution in [0.5, 0.6) is 5.75 Å². The number of benzene rings is 1. The quantitative estimate of drug-likeness (QED) is 0.852. The van der Waals surface area contributed by atoms with Crippen molar-refractivity contribution < 1.29 is 9.53 Å². The van der Waals surface area contributed by atoms with Crippen molar-refractivity contribution in [2.75, 3.05) is 19.6 Å². The first-order valence-electron chi connectivity index (χ1n) is 8.53. The van der Waals surface area contributed by atoms with E-state index in [2.05, 4.69) is 17.2 Å². The van der Waals surface area contributed by atoms with Gasteiger partial charge in [-0.05, 0) is 36.8 Å². The fourth-order valence-electron chi connectivity index (χ4n) is 2.76. The first kappa shape index (κ1) is 17.2. The highest BCUT2D eigenvalue weighted by molar-refractivity contribution is 5.92. The molecule has 1 unspecified atom stereocenters. The molecule has 1 N–H and O–H groups in total. The molecule has 5 nitrogen and oxygen atoms in total. The maximum Gasteiger partial charge on any atom is 0.246 e. The molecule has 0 aliphatic carbocycles. The van der Waals surface area contributed by atoms with Crippen molar-refractivity contribution in [2.24, 2.45) is 0 Å². The van der Waals surface area contributed by atoms with Gasteiger partial charge in [-0.2, -0.15) is 0 Å². The molecule has 1 atom stereocenters. The van der Waals surface area contributed by atoms with Gasteiger partial charge in [-0.1, -0.05) is 18.2 Å². The molecule has 130 valence electrons. The lowest BCUT2D eigenvalue weighted by atomic mass is 10.1. The van der Waals surface area contributed by atoms with Crippen LogP contribution in [0.4, 0.5) is 0 Å². The third kappa shape index (κ3) is 4.90. The van der Waals surface area contributed by atoms with Gasteiger partial charge >= 0.3 is 0 Å². The highest BCUT2D eigenvalue weighted by Gasteiger charge is 2.20. The molecule has 2 aromatic rings. The number of hydrogen-bond donors (Lipinski definition) is 1. The third-order valence-electron chi connectivity index (χ3n) is 4.21. The van der Waals surface area contributed by atoms with Crippen LogP contribution in [0.25, 0.3) is 6.08 Å². The van der Waals surface area contributed by atoms with Crippen LogP contribution in [0.2, 0.25) is 0 Å². The lowest BCUT2D eigenvalue weighted by molar-refractivity contribution is -0.128. The summed E-state index contributed by atoms with van der Waals surface area (Å²) in [6.45, 7) is 5.01. The number of rotatable bonds is 5. The highest BCUT2D eigenvalue weighted by Crippen LogP contribution is 2.15. The number of aromatic nitrogens is 1. The predicted octanol–water partition coefficient (Wildman–Crippen LogP) is 2.49. The molecule has 0 bridgehead atoms. The number of carbonyl (C=O) groups is 1. The number of nitrogens with one attached hydrogen (secondary N) is 1. The first-order valence-corrected chi connectivity index (χ1v) is 8.53. The van der Waals surface area contributed by atoms with E-state index in [1.807, 2.05) is 47.4 Å². The summed E-state index contributed by atoms with van der Waals surface area (Å²) >= 11 is 0. The van der Waals surface area contributed by atoms with Crippen molar-refractivity contribution in [3.8, 4) is 5.75 Å². The Bertz CT molecular complexity index is 713. The Morgan fingerprint density at radius 3 is 2.92 bits per heavy atom. The van der Waals surface area contributed by atoms with Crippen LogP contribution in [0, 0.1) is 0 Å². The van der Waals surface area contributed by atoms with Crippen LogP contribution in [0.1, 0.15) is 18.1 Å². The molecule has 5 heteroatoms. The number of carbonyl (C=O) groups excluding carboxylic acids is 1. The molecule has 25 heavy (non-hydrogen) atoms. The van der Waals surface area contributed by atoms with Gasteiger partial charge < -0.3 is 15.0 Å². The highest BCUT2D eigenvalue weighted by atomic mass is 16.5. The van der Waals surface area contributed by atoms with Crippen molar-refractivity contribution in [1.82, 2.24) is 15.2 Å². The molecule has 1 amide bonds. The Kier molecular flexibility index (Phi) is 5.80. The molecule has 1 aromatic heterocycles.